The van der Waals surface area contributed by atoms with Crippen LogP contribution < -0.4 is 10.6 Å². The van der Waals surface area contributed by atoms with E-state index in [1.165, 1.54) is 0 Å². The quantitative estimate of drug-likeness (QED) is 0.875. The highest BCUT2D eigenvalue weighted by molar-refractivity contribution is 7.13. The molecule has 2 aromatic heterocycles. The number of nitrogens with one attached hydrogen (secondary N) is 2. The highest BCUT2D eigenvalue weighted by Crippen LogP contribution is 2.23. The van der Waals surface area contributed by atoms with Gasteiger partial charge in [-0.3, -0.25) is 4.79 Å². The Balaban J connectivity index is 0.00000121. The Hall–Kier alpha value is -1.08. The third-order valence-electron chi connectivity index (χ3n) is 3.29. The molecule has 1 fully saturated rings. The van der Waals surface area contributed by atoms with Crippen molar-refractivity contribution < 1.29 is 9.21 Å². The van der Waals surface area contributed by atoms with Crippen LogP contribution in [0.3, 0.4) is 0 Å². The summed E-state index contributed by atoms with van der Waals surface area (Å²) in [6, 6.07) is 4.14. The second-order valence-corrected chi connectivity index (χ2v) is 5.86. The number of hydrogen-bond acceptors (Lipinski definition) is 5. The molecule has 1 aliphatic heterocycles. The lowest BCUT2D eigenvalue weighted by molar-refractivity contribution is -0.121. The summed E-state index contributed by atoms with van der Waals surface area (Å²) in [5.41, 5.74) is 0.676. The van der Waals surface area contributed by atoms with Gasteiger partial charge >= 0.3 is 0 Å². The molecular weight excluding hydrogens is 345 g/mol. The van der Waals surface area contributed by atoms with Gasteiger partial charge in [-0.1, -0.05) is 6.07 Å². The van der Waals surface area contributed by atoms with E-state index in [9.17, 15) is 4.79 Å². The number of nitrogens with zero attached hydrogens (tertiary/aromatic N) is 1. The van der Waals surface area contributed by atoms with Crippen molar-refractivity contribution in [2.45, 2.75) is 25.3 Å². The fraction of sp³-hybridized carbons (Fsp3) is 0.429. The van der Waals surface area contributed by atoms with Gasteiger partial charge in [-0.05, 0) is 30.8 Å². The topological polar surface area (TPSA) is 67.2 Å². The first kappa shape index (κ1) is 19.0. The lowest BCUT2D eigenvalue weighted by atomic mass is 10.1. The minimum Gasteiger partial charge on any atom is -0.444 e. The average Bonchev–Trinajstić information content (AvgIpc) is 3.10. The van der Waals surface area contributed by atoms with Crippen molar-refractivity contribution in [3.8, 4) is 10.8 Å². The van der Waals surface area contributed by atoms with Crippen molar-refractivity contribution in [3.63, 3.8) is 0 Å². The number of aromatic nitrogens is 1. The van der Waals surface area contributed by atoms with Gasteiger partial charge in [-0.15, -0.1) is 36.2 Å². The molecule has 1 amide bonds. The normalized spacial score (nSPS) is 17.2. The van der Waals surface area contributed by atoms with Crippen molar-refractivity contribution in [1.29, 1.82) is 0 Å². The monoisotopic (exact) mass is 363 g/mol. The SMILES string of the molecule is Cl.Cl.O=C(Cc1coc(-c2cccs2)n1)NC1CCCNC1. The molecule has 8 heteroatoms. The summed E-state index contributed by atoms with van der Waals surface area (Å²) in [7, 11) is 0. The van der Waals surface area contributed by atoms with Crippen molar-refractivity contribution in [3.05, 3.63) is 29.5 Å². The molecule has 1 atom stereocenters. The first-order valence-corrected chi connectivity index (χ1v) is 7.67. The highest BCUT2D eigenvalue weighted by atomic mass is 35.5. The zero-order valence-corrected chi connectivity index (χ0v) is 14.4. The lowest BCUT2D eigenvalue weighted by Gasteiger charge is -2.23. The number of amides is 1. The molecule has 0 aromatic carbocycles. The Labute approximate surface area is 145 Å². The summed E-state index contributed by atoms with van der Waals surface area (Å²) in [6.45, 7) is 1.89. The van der Waals surface area contributed by atoms with E-state index in [2.05, 4.69) is 15.6 Å². The van der Waals surface area contributed by atoms with Crippen LogP contribution in [-0.2, 0) is 11.2 Å². The van der Waals surface area contributed by atoms with E-state index in [1.54, 1.807) is 17.6 Å². The summed E-state index contributed by atoms with van der Waals surface area (Å²) in [5, 5.41) is 8.28. The zero-order valence-electron chi connectivity index (χ0n) is 11.9. The smallest absolute Gasteiger partial charge is 0.236 e. The Bertz CT molecular complexity index is 568. The second kappa shape index (κ2) is 9.15. The van der Waals surface area contributed by atoms with Crippen LogP contribution in [0.1, 0.15) is 18.5 Å². The van der Waals surface area contributed by atoms with Gasteiger partial charge in [0.2, 0.25) is 11.8 Å². The first-order valence-electron chi connectivity index (χ1n) is 6.79. The molecule has 3 rings (SSSR count). The maximum Gasteiger partial charge on any atom is 0.236 e. The molecule has 1 unspecified atom stereocenters. The maximum atomic E-state index is 12.0. The van der Waals surface area contributed by atoms with Gasteiger partial charge in [0.05, 0.1) is 17.0 Å². The van der Waals surface area contributed by atoms with Gasteiger partial charge in [-0.2, -0.15) is 0 Å². The fourth-order valence-electron chi connectivity index (χ4n) is 2.32. The van der Waals surface area contributed by atoms with Crippen LogP contribution in [0.15, 0.2) is 28.2 Å². The van der Waals surface area contributed by atoms with Crippen LogP contribution in [-0.4, -0.2) is 30.0 Å². The van der Waals surface area contributed by atoms with E-state index < -0.39 is 0 Å². The number of hydrogen-bond donors (Lipinski definition) is 2. The Morgan fingerprint density at radius 1 is 1.50 bits per heavy atom. The molecule has 0 aliphatic carbocycles. The third-order valence-corrected chi connectivity index (χ3v) is 4.15. The minimum absolute atomic E-state index is 0. The number of rotatable bonds is 4. The van der Waals surface area contributed by atoms with Gasteiger partial charge in [0.25, 0.3) is 0 Å². The Kier molecular flexibility index (Phi) is 7.89. The predicted molar refractivity (Wildman–Crippen MR) is 92.1 cm³/mol. The molecule has 1 saturated heterocycles. The molecular formula is C14H19Cl2N3O2S. The fourth-order valence-corrected chi connectivity index (χ4v) is 2.98. The molecule has 0 radical (unpaired) electrons. The van der Waals surface area contributed by atoms with Crippen LogP contribution in [0, 0.1) is 0 Å². The largest absolute Gasteiger partial charge is 0.444 e. The van der Waals surface area contributed by atoms with E-state index in [1.807, 2.05) is 17.5 Å². The van der Waals surface area contributed by atoms with E-state index in [0.29, 0.717) is 11.6 Å². The predicted octanol–water partition coefficient (Wildman–Crippen LogP) is 2.66. The molecule has 2 N–H and O–H groups in total. The van der Waals surface area contributed by atoms with Crippen molar-refractivity contribution in [2.24, 2.45) is 0 Å². The van der Waals surface area contributed by atoms with Crippen LogP contribution in [0.2, 0.25) is 0 Å². The lowest BCUT2D eigenvalue weighted by Crippen LogP contribution is -2.46. The molecule has 3 heterocycles. The van der Waals surface area contributed by atoms with Gasteiger partial charge in [0.15, 0.2) is 0 Å². The average molecular weight is 364 g/mol. The molecule has 0 saturated carbocycles. The molecule has 0 bridgehead atoms. The van der Waals surface area contributed by atoms with Gasteiger partial charge < -0.3 is 15.1 Å². The van der Waals surface area contributed by atoms with Crippen molar-refractivity contribution >= 4 is 42.1 Å². The van der Waals surface area contributed by atoms with Crippen LogP contribution >= 0.6 is 36.2 Å². The molecule has 2 aromatic rings. The summed E-state index contributed by atoms with van der Waals surface area (Å²) in [6.07, 6.45) is 3.98. The standard InChI is InChI=1S/C14H17N3O2S.2ClH/c18-13(16-10-3-1-5-15-8-10)7-11-9-19-14(17-11)12-4-2-6-20-12;;/h2,4,6,9-10,15H,1,3,5,7-8H2,(H,16,18);2*1H. The van der Waals surface area contributed by atoms with Crippen LogP contribution in [0.25, 0.3) is 10.8 Å². The van der Waals surface area contributed by atoms with Crippen molar-refractivity contribution in [2.75, 3.05) is 13.1 Å². The number of oxazole rings is 1. The van der Waals surface area contributed by atoms with E-state index in [-0.39, 0.29) is 43.2 Å². The van der Waals surface area contributed by atoms with E-state index in [0.717, 1.165) is 30.8 Å². The number of thiophene rings is 1. The molecule has 122 valence electrons. The second-order valence-electron chi connectivity index (χ2n) is 4.91. The van der Waals surface area contributed by atoms with Gasteiger partial charge in [0, 0.05) is 12.6 Å². The number of carbonyl (C=O) groups is 1. The summed E-state index contributed by atoms with van der Waals surface area (Å²) in [4.78, 5) is 17.3. The maximum absolute atomic E-state index is 12.0. The van der Waals surface area contributed by atoms with Gasteiger partial charge in [-0.25, -0.2) is 4.98 Å². The van der Waals surface area contributed by atoms with Gasteiger partial charge in [0.1, 0.15) is 6.26 Å². The van der Waals surface area contributed by atoms with Crippen LogP contribution in [0.4, 0.5) is 0 Å². The minimum atomic E-state index is 0. The molecule has 0 spiro atoms. The zero-order chi connectivity index (χ0) is 13.8. The number of piperidine rings is 1. The third kappa shape index (κ3) is 4.98. The molecule has 5 nitrogen and oxygen atoms in total. The Morgan fingerprint density at radius 2 is 2.36 bits per heavy atom. The Morgan fingerprint density at radius 3 is 3.05 bits per heavy atom. The molecule has 22 heavy (non-hydrogen) atoms. The highest BCUT2D eigenvalue weighted by Gasteiger charge is 2.17. The summed E-state index contributed by atoms with van der Waals surface area (Å²) < 4.78 is 5.41. The van der Waals surface area contributed by atoms with Crippen LogP contribution in [0.5, 0.6) is 0 Å². The van der Waals surface area contributed by atoms with Crippen molar-refractivity contribution in [1.82, 2.24) is 15.6 Å². The number of halogens is 2. The van der Waals surface area contributed by atoms with E-state index in [4.69, 9.17) is 4.42 Å². The first-order chi connectivity index (χ1) is 9.81. The summed E-state index contributed by atoms with van der Waals surface area (Å²) >= 11 is 1.57. The summed E-state index contributed by atoms with van der Waals surface area (Å²) in [5.74, 6) is 0.590. The number of carbonyl (C=O) groups excluding carboxylic acids is 1. The molecule has 1 aliphatic rings. The van der Waals surface area contributed by atoms with E-state index >= 15 is 0 Å².